The number of nitrogens with zero attached hydrogens (tertiary/aromatic N) is 1. The van der Waals surface area contributed by atoms with Gasteiger partial charge in [0.1, 0.15) is 5.82 Å². The molecular weight excluding hydrogens is 433 g/mol. The van der Waals surface area contributed by atoms with Crippen molar-refractivity contribution in [3.63, 3.8) is 0 Å². The Kier molecular flexibility index (Phi) is 5.97. The normalized spacial score (nSPS) is 17.2. The Morgan fingerprint density at radius 3 is 2.03 bits per heavy atom. The second-order valence-electron chi connectivity index (χ2n) is 7.09. The van der Waals surface area contributed by atoms with Crippen LogP contribution in [0.2, 0.25) is 0 Å². The minimum Gasteiger partial charge on any atom is -0.338 e. The van der Waals surface area contributed by atoms with Crippen LogP contribution in [0, 0.1) is 11.7 Å². The summed E-state index contributed by atoms with van der Waals surface area (Å²) >= 11 is 0. The second-order valence-corrected chi connectivity index (χ2v) is 7.09. The molecule has 0 bridgehead atoms. The third kappa shape index (κ3) is 5.53. The maximum absolute atomic E-state index is 13.0. The molecule has 1 unspecified atom stereocenters. The number of anilines is 1. The number of carbonyl (C=O) groups is 2. The molecule has 1 N–H and O–H groups in total. The van der Waals surface area contributed by atoms with E-state index in [0.29, 0.717) is 12.1 Å². The molecule has 0 spiro atoms. The minimum atomic E-state index is -5.00. The van der Waals surface area contributed by atoms with Crippen LogP contribution >= 0.6 is 0 Å². The number of likely N-dealkylation sites (tertiary alicyclic amines) is 1. The Hall–Kier alpha value is -3.11. The molecule has 11 heteroatoms. The third-order valence-corrected chi connectivity index (χ3v) is 4.72. The first-order chi connectivity index (χ1) is 14.3. The molecule has 1 aliphatic rings. The van der Waals surface area contributed by atoms with Crippen molar-refractivity contribution in [3.05, 3.63) is 65.0 Å². The molecule has 166 valence electrons. The third-order valence-electron chi connectivity index (χ3n) is 4.72. The summed E-state index contributed by atoms with van der Waals surface area (Å²) < 4.78 is 90.9. The van der Waals surface area contributed by atoms with Gasteiger partial charge in [-0.05, 0) is 48.0 Å². The lowest BCUT2D eigenvalue weighted by Crippen LogP contribution is -2.28. The molecule has 0 aliphatic carbocycles. The van der Waals surface area contributed by atoms with Crippen LogP contribution in [-0.4, -0.2) is 23.3 Å². The molecule has 1 atom stereocenters. The van der Waals surface area contributed by atoms with Crippen LogP contribution < -0.4 is 5.32 Å². The van der Waals surface area contributed by atoms with Gasteiger partial charge in [0.2, 0.25) is 11.8 Å². The zero-order valence-corrected chi connectivity index (χ0v) is 15.6. The number of rotatable bonds is 4. The van der Waals surface area contributed by atoms with Gasteiger partial charge in [-0.1, -0.05) is 0 Å². The number of halogens is 7. The van der Waals surface area contributed by atoms with E-state index >= 15 is 0 Å². The fourth-order valence-corrected chi connectivity index (χ4v) is 3.21. The largest absolute Gasteiger partial charge is 0.416 e. The molecule has 0 aromatic heterocycles. The molecule has 1 heterocycles. The van der Waals surface area contributed by atoms with Crippen molar-refractivity contribution in [3.8, 4) is 0 Å². The molecule has 2 amide bonds. The highest BCUT2D eigenvalue weighted by Gasteiger charge is 2.38. The summed E-state index contributed by atoms with van der Waals surface area (Å²) in [5.74, 6) is -2.52. The first kappa shape index (κ1) is 22.6. The van der Waals surface area contributed by atoms with Crippen molar-refractivity contribution in [2.45, 2.75) is 25.3 Å². The highest BCUT2D eigenvalue weighted by molar-refractivity contribution is 5.97. The van der Waals surface area contributed by atoms with E-state index in [1.807, 2.05) is 0 Å². The summed E-state index contributed by atoms with van der Waals surface area (Å²) in [6.07, 6.45) is -10.2. The molecular formula is C20H15F7N2O2. The summed E-state index contributed by atoms with van der Waals surface area (Å²) in [6, 6.07) is 5.96. The molecule has 1 fully saturated rings. The van der Waals surface area contributed by atoms with E-state index < -0.39 is 53.6 Å². The molecule has 0 radical (unpaired) electrons. The van der Waals surface area contributed by atoms with Gasteiger partial charge in [0, 0.05) is 25.2 Å². The van der Waals surface area contributed by atoms with Gasteiger partial charge in [0.15, 0.2) is 0 Å². The topological polar surface area (TPSA) is 49.4 Å². The highest BCUT2D eigenvalue weighted by Crippen LogP contribution is 2.37. The monoisotopic (exact) mass is 448 g/mol. The lowest BCUT2D eigenvalue weighted by atomic mass is 10.0. The van der Waals surface area contributed by atoms with Crippen LogP contribution in [0.4, 0.5) is 36.4 Å². The van der Waals surface area contributed by atoms with E-state index in [1.54, 1.807) is 0 Å². The minimum absolute atomic E-state index is 0.00818. The van der Waals surface area contributed by atoms with E-state index in [1.165, 1.54) is 12.1 Å². The molecule has 1 aliphatic heterocycles. The number of nitrogens with one attached hydrogen (secondary N) is 1. The predicted octanol–water partition coefficient (Wildman–Crippen LogP) is 4.85. The van der Waals surface area contributed by atoms with Crippen LogP contribution in [0.1, 0.15) is 23.1 Å². The van der Waals surface area contributed by atoms with Gasteiger partial charge in [0.25, 0.3) is 0 Å². The van der Waals surface area contributed by atoms with Gasteiger partial charge in [0.05, 0.1) is 17.0 Å². The molecule has 1 saturated heterocycles. The average Bonchev–Trinajstić information content (AvgIpc) is 3.02. The molecule has 3 rings (SSSR count). The Bertz CT molecular complexity index is 952. The highest BCUT2D eigenvalue weighted by atomic mass is 19.4. The van der Waals surface area contributed by atoms with Crippen LogP contribution in [0.3, 0.4) is 0 Å². The molecule has 0 saturated carbocycles. The molecule has 2 aromatic carbocycles. The number of alkyl halides is 6. The number of hydrogen-bond acceptors (Lipinski definition) is 2. The summed E-state index contributed by atoms with van der Waals surface area (Å²) in [4.78, 5) is 25.6. The smallest absolute Gasteiger partial charge is 0.338 e. The zero-order chi connectivity index (χ0) is 23.0. The lowest BCUT2D eigenvalue weighted by Gasteiger charge is -2.19. The van der Waals surface area contributed by atoms with E-state index in [4.69, 9.17) is 0 Å². The number of hydrogen-bond donors (Lipinski definition) is 1. The maximum Gasteiger partial charge on any atom is 0.416 e. The molecule has 2 aromatic rings. The van der Waals surface area contributed by atoms with E-state index in [9.17, 15) is 40.3 Å². The van der Waals surface area contributed by atoms with Crippen molar-refractivity contribution in [1.29, 1.82) is 0 Å². The Morgan fingerprint density at radius 1 is 0.968 bits per heavy atom. The number of amides is 2. The van der Waals surface area contributed by atoms with Crippen molar-refractivity contribution in [2.24, 2.45) is 5.92 Å². The second kappa shape index (κ2) is 8.20. The van der Waals surface area contributed by atoms with Gasteiger partial charge in [-0.3, -0.25) is 9.59 Å². The summed E-state index contributed by atoms with van der Waals surface area (Å²) in [6.45, 7) is -0.685. The average molecular weight is 448 g/mol. The van der Waals surface area contributed by atoms with Gasteiger partial charge < -0.3 is 10.2 Å². The van der Waals surface area contributed by atoms with Crippen LogP contribution in [0.15, 0.2) is 42.5 Å². The maximum atomic E-state index is 13.0. The van der Waals surface area contributed by atoms with Crippen LogP contribution in [0.25, 0.3) is 0 Å². The molecule has 4 nitrogen and oxygen atoms in total. The SMILES string of the molecule is O=C(Nc1ccc(F)cc1)C1CC(=O)N(Cc2cc(C(F)(F)F)cc(C(F)(F)F)c2)C1. The van der Waals surface area contributed by atoms with Crippen molar-refractivity contribution in [1.82, 2.24) is 4.90 Å². The quantitative estimate of drug-likeness (QED) is 0.680. The van der Waals surface area contributed by atoms with Crippen LogP contribution in [0.5, 0.6) is 0 Å². The zero-order valence-electron chi connectivity index (χ0n) is 15.6. The van der Waals surface area contributed by atoms with Gasteiger partial charge >= 0.3 is 12.4 Å². The van der Waals surface area contributed by atoms with E-state index in [-0.39, 0.29) is 30.3 Å². The Morgan fingerprint density at radius 2 is 1.52 bits per heavy atom. The number of carbonyl (C=O) groups excluding carboxylic acids is 2. The Labute approximate surface area is 171 Å². The van der Waals surface area contributed by atoms with Crippen molar-refractivity contribution in [2.75, 3.05) is 11.9 Å². The lowest BCUT2D eigenvalue weighted by molar-refractivity contribution is -0.143. The van der Waals surface area contributed by atoms with E-state index in [0.717, 1.165) is 17.0 Å². The van der Waals surface area contributed by atoms with Gasteiger partial charge in [-0.15, -0.1) is 0 Å². The molecule has 31 heavy (non-hydrogen) atoms. The van der Waals surface area contributed by atoms with E-state index in [2.05, 4.69) is 5.32 Å². The predicted molar refractivity (Wildman–Crippen MR) is 95.0 cm³/mol. The Balaban J connectivity index is 1.75. The standard InChI is InChI=1S/C20H15F7N2O2/c21-15-1-3-16(4-2-15)28-18(31)12-7-17(30)29(10-12)9-11-5-13(19(22,23)24)8-14(6-11)20(25,26)27/h1-6,8,12H,7,9-10H2,(H,28,31). The summed E-state index contributed by atoms with van der Waals surface area (Å²) in [5, 5.41) is 2.49. The van der Waals surface area contributed by atoms with Crippen molar-refractivity contribution >= 4 is 17.5 Å². The fraction of sp³-hybridized carbons (Fsp3) is 0.300. The van der Waals surface area contributed by atoms with Crippen molar-refractivity contribution < 1.29 is 40.3 Å². The van der Waals surface area contributed by atoms with Crippen LogP contribution in [-0.2, 0) is 28.5 Å². The van der Waals surface area contributed by atoms with Gasteiger partial charge in [-0.25, -0.2) is 4.39 Å². The van der Waals surface area contributed by atoms with Gasteiger partial charge in [-0.2, -0.15) is 26.3 Å². The summed E-state index contributed by atoms with van der Waals surface area (Å²) in [5.41, 5.74) is -3.02. The number of benzene rings is 2. The fourth-order valence-electron chi connectivity index (χ4n) is 3.21. The first-order valence-corrected chi connectivity index (χ1v) is 8.95. The first-order valence-electron chi connectivity index (χ1n) is 8.95. The summed E-state index contributed by atoms with van der Waals surface area (Å²) in [7, 11) is 0.